The molecule has 4 heteroatoms. The van der Waals surface area contributed by atoms with E-state index in [9.17, 15) is 9.90 Å². The number of aliphatic carboxylic acids is 1. The van der Waals surface area contributed by atoms with Gasteiger partial charge in [-0.05, 0) is 17.5 Å². The molecule has 4 N–H and O–H groups in total. The van der Waals surface area contributed by atoms with Crippen molar-refractivity contribution in [3.05, 3.63) is 29.3 Å². The van der Waals surface area contributed by atoms with Gasteiger partial charge in [-0.25, -0.2) is 0 Å². The van der Waals surface area contributed by atoms with Gasteiger partial charge in [-0.3, -0.25) is 4.79 Å². The minimum atomic E-state index is -1.02. The van der Waals surface area contributed by atoms with Gasteiger partial charge in [0, 0.05) is 12.1 Å². The predicted octanol–water partition coefficient (Wildman–Crippen LogP) is 1.64. The molecular weight excluding hydrogens is 206 g/mol. The molecule has 0 amide bonds. The van der Waals surface area contributed by atoms with E-state index in [1.165, 1.54) is 0 Å². The SMILES string of the molecule is CC(C)c1ccc(C(CN)C(=O)O)c(O)c1. The molecule has 0 aliphatic heterocycles. The first-order valence-corrected chi connectivity index (χ1v) is 5.23. The van der Waals surface area contributed by atoms with E-state index in [-0.39, 0.29) is 12.3 Å². The summed E-state index contributed by atoms with van der Waals surface area (Å²) in [4.78, 5) is 10.9. The maximum atomic E-state index is 10.9. The first-order valence-electron chi connectivity index (χ1n) is 5.23. The number of aromatic hydroxyl groups is 1. The highest BCUT2D eigenvalue weighted by Crippen LogP contribution is 2.29. The summed E-state index contributed by atoms with van der Waals surface area (Å²) in [6.45, 7) is 3.99. The van der Waals surface area contributed by atoms with E-state index in [4.69, 9.17) is 10.8 Å². The molecule has 0 aliphatic carbocycles. The van der Waals surface area contributed by atoms with Crippen LogP contribution in [0.1, 0.15) is 36.8 Å². The zero-order valence-corrected chi connectivity index (χ0v) is 9.47. The van der Waals surface area contributed by atoms with E-state index in [2.05, 4.69) is 0 Å². The molecule has 0 bridgehead atoms. The fraction of sp³-hybridized carbons (Fsp3) is 0.417. The molecule has 1 aromatic rings. The Morgan fingerprint density at radius 3 is 2.44 bits per heavy atom. The van der Waals surface area contributed by atoms with E-state index in [1.807, 2.05) is 19.9 Å². The lowest BCUT2D eigenvalue weighted by atomic mass is 9.94. The summed E-state index contributed by atoms with van der Waals surface area (Å²) in [5.41, 5.74) is 6.73. The van der Waals surface area contributed by atoms with Crippen molar-refractivity contribution in [3.8, 4) is 5.75 Å². The third-order valence-corrected chi connectivity index (χ3v) is 2.63. The molecule has 16 heavy (non-hydrogen) atoms. The van der Waals surface area contributed by atoms with Crippen molar-refractivity contribution >= 4 is 5.97 Å². The van der Waals surface area contributed by atoms with E-state index < -0.39 is 11.9 Å². The molecule has 0 aliphatic rings. The van der Waals surface area contributed by atoms with Crippen molar-refractivity contribution in [2.75, 3.05) is 6.54 Å². The summed E-state index contributed by atoms with van der Waals surface area (Å²) < 4.78 is 0. The van der Waals surface area contributed by atoms with Crippen LogP contribution in [0.5, 0.6) is 5.75 Å². The number of carboxylic acids is 1. The highest BCUT2D eigenvalue weighted by Gasteiger charge is 2.21. The predicted molar refractivity (Wildman–Crippen MR) is 61.6 cm³/mol. The smallest absolute Gasteiger partial charge is 0.312 e. The van der Waals surface area contributed by atoms with Crippen molar-refractivity contribution in [2.24, 2.45) is 5.73 Å². The van der Waals surface area contributed by atoms with E-state index >= 15 is 0 Å². The number of hydrogen-bond acceptors (Lipinski definition) is 3. The Balaban J connectivity index is 3.11. The monoisotopic (exact) mass is 223 g/mol. The lowest BCUT2D eigenvalue weighted by molar-refractivity contribution is -0.138. The molecule has 0 radical (unpaired) electrons. The van der Waals surface area contributed by atoms with E-state index in [1.54, 1.807) is 12.1 Å². The van der Waals surface area contributed by atoms with Gasteiger partial charge in [-0.2, -0.15) is 0 Å². The van der Waals surface area contributed by atoms with Crippen LogP contribution in [0.4, 0.5) is 0 Å². The topological polar surface area (TPSA) is 83.6 Å². The Hall–Kier alpha value is -1.55. The number of phenols is 1. The van der Waals surface area contributed by atoms with Crippen LogP contribution in [-0.2, 0) is 4.79 Å². The number of benzene rings is 1. The largest absolute Gasteiger partial charge is 0.508 e. The second-order valence-corrected chi connectivity index (χ2v) is 4.10. The summed E-state index contributed by atoms with van der Waals surface area (Å²) in [6, 6.07) is 5.06. The van der Waals surface area contributed by atoms with Gasteiger partial charge in [-0.15, -0.1) is 0 Å². The van der Waals surface area contributed by atoms with Crippen LogP contribution in [0.3, 0.4) is 0 Å². The van der Waals surface area contributed by atoms with Gasteiger partial charge in [0.15, 0.2) is 0 Å². The number of carbonyl (C=O) groups is 1. The average Bonchev–Trinajstić information content (AvgIpc) is 2.20. The van der Waals surface area contributed by atoms with E-state index in [0.717, 1.165) is 5.56 Å². The molecule has 0 spiro atoms. The van der Waals surface area contributed by atoms with Gasteiger partial charge in [-0.1, -0.05) is 26.0 Å². The highest BCUT2D eigenvalue weighted by atomic mass is 16.4. The molecule has 0 heterocycles. The summed E-state index contributed by atoms with van der Waals surface area (Å²) >= 11 is 0. The van der Waals surface area contributed by atoms with Gasteiger partial charge in [0.1, 0.15) is 5.75 Å². The van der Waals surface area contributed by atoms with Gasteiger partial charge in [0.2, 0.25) is 0 Å². The Morgan fingerprint density at radius 1 is 1.44 bits per heavy atom. The zero-order valence-electron chi connectivity index (χ0n) is 9.47. The highest BCUT2D eigenvalue weighted by molar-refractivity contribution is 5.77. The number of carboxylic acid groups (broad SMARTS) is 1. The van der Waals surface area contributed by atoms with Crippen LogP contribution in [-0.4, -0.2) is 22.7 Å². The van der Waals surface area contributed by atoms with Crippen LogP contribution >= 0.6 is 0 Å². The van der Waals surface area contributed by atoms with Crippen molar-refractivity contribution in [2.45, 2.75) is 25.7 Å². The number of hydrogen-bond donors (Lipinski definition) is 3. The summed E-state index contributed by atoms with van der Waals surface area (Å²) in [6.07, 6.45) is 0. The third kappa shape index (κ3) is 2.52. The molecule has 0 fully saturated rings. The van der Waals surface area contributed by atoms with Crippen LogP contribution < -0.4 is 5.73 Å². The van der Waals surface area contributed by atoms with Gasteiger partial charge >= 0.3 is 5.97 Å². The number of rotatable bonds is 4. The Bertz CT molecular complexity index is 388. The van der Waals surface area contributed by atoms with Crippen LogP contribution in [0.15, 0.2) is 18.2 Å². The Kier molecular flexibility index (Phi) is 3.90. The zero-order chi connectivity index (χ0) is 12.3. The van der Waals surface area contributed by atoms with Crippen molar-refractivity contribution in [1.29, 1.82) is 0 Å². The van der Waals surface area contributed by atoms with Crippen molar-refractivity contribution in [3.63, 3.8) is 0 Å². The molecule has 1 atom stereocenters. The minimum Gasteiger partial charge on any atom is -0.508 e. The second-order valence-electron chi connectivity index (χ2n) is 4.10. The molecule has 0 saturated heterocycles. The Labute approximate surface area is 94.7 Å². The summed E-state index contributed by atoms with van der Waals surface area (Å²) in [5, 5.41) is 18.7. The fourth-order valence-corrected chi connectivity index (χ4v) is 1.58. The lowest BCUT2D eigenvalue weighted by Crippen LogP contribution is -2.21. The van der Waals surface area contributed by atoms with E-state index in [0.29, 0.717) is 11.5 Å². The van der Waals surface area contributed by atoms with Gasteiger partial charge < -0.3 is 15.9 Å². The van der Waals surface area contributed by atoms with Crippen molar-refractivity contribution < 1.29 is 15.0 Å². The minimum absolute atomic E-state index is 0.00375. The first-order chi connectivity index (χ1) is 7.47. The first kappa shape index (κ1) is 12.5. The fourth-order valence-electron chi connectivity index (χ4n) is 1.58. The van der Waals surface area contributed by atoms with Crippen LogP contribution in [0.2, 0.25) is 0 Å². The Morgan fingerprint density at radius 2 is 2.06 bits per heavy atom. The lowest BCUT2D eigenvalue weighted by Gasteiger charge is -2.14. The second kappa shape index (κ2) is 4.99. The summed E-state index contributed by atoms with van der Waals surface area (Å²) in [7, 11) is 0. The molecule has 0 aromatic heterocycles. The quantitative estimate of drug-likeness (QED) is 0.724. The standard InChI is InChI=1S/C12H17NO3/c1-7(2)8-3-4-9(11(14)5-8)10(6-13)12(15)16/h3-5,7,10,14H,6,13H2,1-2H3,(H,15,16). The summed E-state index contributed by atoms with van der Waals surface area (Å²) in [5.74, 6) is -1.57. The van der Waals surface area contributed by atoms with Gasteiger partial charge in [0.05, 0.1) is 5.92 Å². The van der Waals surface area contributed by atoms with Crippen molar-refractivity contribution in [1.82, 2.24) is 0 Å². The number of nitrogens with two attached hydrogens (primary N) is 1. The maximum absolute atomic E-state index is 10.9. The molecule has 1 unspecified atom stereocenters. The molecule has 0 saturated carbocycles. The molecule has 1 rings (SSSR count). The molecular formula is C12H17NO3. The third-order valence-electron chi connectivity index (χ3n) is 2.63. The molecule has 1 aromatic carbocycles. The van der Waals surface area contributed by atoms with Gasteiger partial charge in [0.25, 0.3) is 0 Å². The van der Waals surface area contributed by atoms with Crippen LogP contribution in [0, 0.1) is 0 Å². The van der Waals surface area contributed by atoms with Crippen LogP contribution in [0.25, 0.3) is 0 Å². The normalized spacial score (nSPS) is 12.8. The maximum Gasteiger partial charge on any atom is 0.312 e. The molecule has 88 valence electrons. The molecule has 4 nitrogen and oxygen atoms in total. The number of phenolic OH excluding ortho intramolecular Hbond substituents is 1. The average molecular weight is 223 g/mol.